The number of halogens is 4. The van der Waals surface area contributed by atoms with E-state index in [4.69, 9.17) is 9.47 Å². The number of rotatable bonds is 10. The highest BCUT2D eigenvalue weighted by Crippen LogP contribution is 2.22. The van der Waals surface area contributed by atoms with Gasteiger partial charge in [0.2, 0.25) is 5.91 Å². The van der Waals surface area contributed by atoms with Gasteiger partial charge in [0, 0.05) is 12.1 Å². The number of methoxy groups -OCH3 is 1. The van der Waals surface area contributed by atoms with Crippen molar-refractivity contribution < 1.29 is 51.0 Å². The molecule has 2 aromatic carbocycles. The van der Waals surface area contributed by atoms with E-state index >= 15 is 0 Å². The van der Waals surface area contributed by atoms with Gasteiger partial charge >= 0.3 is 24.2 Å². The average Bonchev–Trinajstić information content (AvgIpc) is 2.86. The van der Waals surface area contributed by atoms with Crippen molar-refractivity contribution in [2.45, 2.75) is 58.2 Å². The van der Waals surface area contributed by atoms with E-state index in [1.54, 1.807) is 51.1 Å². The first-order valence-electron chi connectivity index (χ1n) is 12.0. The summed E-state index contributed by atoms with van der Waals surface area (Å²) in [6, 6.07) is 9.48. The SMILES string of the molecule is COC(=O)CC(NC(=O)OCc1ccccc1)C(=O)N(Cc1cc(C(=O)OC(C)(C)C)ccc1F)CC(F)(F)F. The molecule has 0 aliphatic heterocycles. The van der Waals surface area contributed by atoms with Gasteiger partial charge in [0.1, 0.15) is 30.6 Å². The van der Waals surface area contributed by atoms with Crippen LogP contribution in [0.4, 0.5) is 22.4 Å². The maximum Gasteiger partial charge on any atom is 0.408 e. The minimum Gasteiger partial charge on any atom is -0.469 e. The molecule has 0 saturated heterocycles. The zero-order valence-electron chi connectivity index (χ0n) is 22.3. The molecule has 0 aliphatic carbocycles. The third-order valence-electron chi connectivity index (χ3n) is 5.12. The summed E-state index contributed by atoms with van der Waals surface area (Å²) in [4.78, 5) is 50.1. The molecular formula is C27H30F4N2O7. The summed E-state index contributed by atoms with van der Waals surface area (Å²) in [5.41, 5.74) is -0.886. The van der Waals surface area contributed by atoms with E-state index in [9.17, 15) is 36.7 Å². The predicted octanol–water partition coefficient (Wildman–Crippen LogP) is 4.53. The van der Waals surface area contributed by atoms with Gasteiger partial charge < -0.3 is 24.4 Å². The fraction of sp³-hybridized carbons (Fsp3) is 0.407. The second-order valence-electron chi connectivity index (χ2n) is 9.66. The molecule has 1 unspecified atom stereocenters. The molecule has 1 atom stereocenters. The summed E-state index contributed by atoms with van der Waals surface area (Å²) in [5.74, 6) is -4.21. The van der Waals surface area contributed by atoms with Crippen molar-refractivity contribution in [2.24, 2.45) is 0 Å². The standard InChI is InChI=1S/C27H30F4N2O7/c1-26(2,3)40-24(36)18-10-11-20(28)19(12-18)14-33(16-27(29,30)31)23(35)21(13-22(34)38-4)32-25(37)39-15-17-8-6-5-7-9-17/h5-12,21H,13-16H2,1-4H3,(H,32,37). The molecule has 40 heavy (non-hydrogen) atoms. The van der Waals surface area contributed by atoms with Gasteiger partial charge in [0.25, 0.3) is 0 Å². The first-order valence-corrected chi connectivity index (χ1v) is 12.0. The normalized spacial score (nSPS) is 12.2. The van der Waals surface area contributed by atoms with Crippen LogP contribution in [0.15, 0.2) is 48.5 Å². The smallest absolute Gasteiger partial charge is 0.408 e. The number of benzene rings is 2. The third kappa shape index (κ3) is 10.9. The maximum atomic E-state index is 14.6. The van der Waals surface area contributed by atoms with E-state index in [1.165, 1.54) is 0 Å². The lowest BCUT2D eigenvalue weighted by Gasteiger charge is -2.28. The summed E-state index contributed by atoms with van der Waals surface area (Å²) in [7, 11) is 0.989. The molecule has 0 saturated carbocycles. The van der Waals surface area contributed by atoms with E-state index in [0.29, 0.717) is 5.56 Å². The quantitative estimate of drug-likeness (QED) is 0.254. The first-order chi connectivity index (χ1) is 18.6. The molecule has 0 fully saturated rings. The van der Waals surface area contributed by atoms with Crippen molar-refractivity contribution in [3.8, 4) is 0 Å². The molecule has 13 heteroatoms. The molecular weight excluding hydrogens is 540 g/mol. The fourth-order valence-electron chi connectivity index (χ4n) is 3.37. The molecule has 0 aliphatic rings. The Bertz CT molecular complexity index is 1200. The van der Waals surface area contributed by atoms with Crippen LogP contribution < -0.4 is 5.32 Å². The van der Waals surface area contributed by atoms with E-state index in [-0.39, 0.29) is 17.1 Å². The van der Waals surface area contributed by atoms with Crippen molar-refractivity contribution >= 4 is 23.9 Å². The van der Waals surface area contributed by atoms with Gasteiger partial charge in [-0.25, -0.2) is 14.0 Å². The van der Waals surface area contributed by atoms with Crippen LogP contribution in [0.5, 0.6) is 0 Å². The van der Waals surface area contributed by atoms with Crippen LogP contribution in [0.1, 0.15) is 48.7 Å². The molecule has 0 aromatic heterocycles. The van der Waals surface area contributed by atoms with Crippen molar-refractivity contribution in [2.75, 3.05) is 13.7 Å². The Morgan fingerprint density at radius 3 is 2.23 bits per heavy atom. The van der Waals surface area contributed by atoms with E-state index in [1.807, 2.05) is 0 Å². The molecule has 0 radical (unpaired) electrons. The van der Waals surface area contributed by atoms with Gasteiger partial charge in [0.05, 0.1) is 19.1 Å². The molecule has 1 N–H and O–H groups in total. The lowest BCUT2D eigenvalue weighted by atomic mass is 10.1. The molecule has 2 aromatic rings. The minimum absolute atomic E-state index is 0.153. The largest absolute Gasteiger partial charge is 0.469 e. The molecule has 218 valence electrons. The summed E-state index contributed by atoms with van der Waals surface area (Å²) in [6.07, 6.45) is -6.94. The van der Waals surface area contributed by atoms with Gasteiger partial charge in [-0.1, -0.05) is 30.3 Å². The third-order valence-corrected chi connectivity index (χ3v) is 5.12. The van der Waals surface area contributed by atoms with Crippen LogP contribution in [0.2, 0.25) is 0 Å². The molecule has 0 bridgehead atoms. The summed E-state index contributed by atoms with van der Waals surface area (Å²) >= 11 is 0. The summed E-state index contributed by atoms with van der Waals surface area (Å²) in [6.45, 7) is 1.77. The number of ether oxygens (including phenoxy) is 3. The van der Waals surface area contributed by atoms with Crippen molar-refractivity contribution in [3.05, 3.63) is 71.0 Å². The minimum atomic E-state index is -4.93. The topological polar surface area (TPSA) is 111 Å². The number of esters is 2. The number of alkyl carbamates (subject to hydrolysis) is 1. The number of hydrogen-bond donors (Lipinski definition) is 1. The molecule has 2 amide bonds. The van der Waals surface area contributed by atoms with Crippen LogP contribution in [0, 0.1) is 5.82 Å². The second-order valence-corrected chi connectivity index (χ2v) is 9.66. The Hall–Kier alpha value is -4.16. The van der Waals surface area contributed by atoms with Gasteiger partial charge in [-0.3, -0.25) is 9.59 Å². The second kappa shape index (κ2) is 13.8. The zero-order chi connectivity index (χ0) is 30.1. The van der Waals surface area contributed by atoms with Crippen LogP contribution in [-0.4, -0.2) is 60.3 Å². The van der Waals surface area contributed by atoms with Gasteiger partial charge in [-0.2, -0.15) is 13.2 Å². The number of carbonyl (C=O) groups is 4. The Labute approximate surface area is 228 Å². The molecule has 9 nitrogen and oxygen atoms in total. The van der Waals surface area contributed by atoms with E-state index in [2.05, 4.69) is 10.1 Å². The van der Waals surface area contributed by atoms with Crippen LogP contribution in [-0.2, 0) is 37.0 Å². The highest BCUT2D eigenvalue weighted by molar-refractivity contribution is 5.91. The highest BCUT2D eigenvalue weighted by Gasteiger charge is 2.37. The summed E-state index contributed by atoms with van der Waals surface area (Å²) in [5, 5.41) is 2.09. The highest BCUT2D eigenvalue weighted by atomic mass is 19.4. The number of alkyl halides is 3. The summed E-state index contributed by atoms with van der Waals surface area (Å²) < 4.78 is 69.7. The Kier molecular flexibility index (Phi) is 11.0. The van der Waals surface area contributed by atoms with Crippen LogP contribution in [0.3, 0.4) is 0 Å². The van der Waals surface area contributed by atoms with E-state index in [0.717, 1.165) is 25.3 Å². The monoisotopic (exact) mass is 570 g/mol. The van der Waals surface area contributed by atoms with Crippen LogP contribution in [0.25, 0.3) is 0 Å². The number of nitrogens with one attached hydrogen (secondary N) is 1. The fourth-order valence-corrected chi connectivity index (χ4v) is 3.37. The lowest BCUT2D eigenvalue weighted by Crippen LogP contribution is -2.51. The van der Waals surface area contributed by atoms with Crippen molar-refractivity contribution in [1.82, 2.24) is 10.2 Å². The van der Waals surface area contributed by atoms with Crippen molar-refractivity contribution in [1.29, 1.82) is 0 Å². The van der Waals surface area contributed by atoms with Gasteiger partial charge in [-0.05, 0) is 44.5 Å². The molecule has 0 heterocycles. The van der Waals surface area contributed by atoms with Gasteiger partial charge in [0.15, 0.2) is 0 Å². The number of carbonyl (C=O) groups excluding carboxylic acids is 4. The molecule has 2 rings (SSSR count). The first kappa shape index (κ1) is 32.1. The average molecular weight is 571 g/mol. The van der Waals surface area contributed by atoms with E-state index < -0.39 is 72.6 Å². The van der Waals surface area contributed by atoms with Crippen molar-refractivity contribution in [3.63, 3.8) is 0 Å². The van der Waals surface area contributed by atoms with Crippen LogP contribution >= 0.6 is 0 Å². The Morgan fingerprint density at radius 2 is 1.65 bits per heavy atom. The lowest BCUT2D eigenvalue weighted by molar-refractivity contribution is -0.164. The number of nitrogens with zero attached hydrogens (tertiary/aromatic N) is 1. The Balaban J connectivity index is 2.32. The Morgan fingerprint density at radius 1 is 1.00 bits per heavy atom. The molecule has 0 spiro atoms. The zero-order valence-corrected chi connectivity index (χ0v) is 22.3. The predicted molar refractivity (Wildman–Crippen MR) is 133 cm³/mol. The number of hydrogen-bond acceptors (Lipinski definition) is 7. The number of amides is 2. The maximum absolute atomic E-state index is 14.6. The van der Waals surface area contributed by atoms with Gasteiger partial charge in [-0.15, -0.1) is 0 Å².